The van der Waals surface area contributed by atoms with E-state index >= 15 is 0 Å². The molecular formula is C28H28N2O6. The van der Waals surface area contributed by atoms with Gasteiger partial charge in [-0.15, -0.1) is 0 Å². The second kappa shape index (κ2) is 10.4. The first kappa shape index (κ1) is 24.7. The van der Waals surface area contributed by atoms with Crippen LogP contribution in [0.3, 0.4) is 0 Å². The van der Waals surface area contributed by atoms with Gasteiger partial charge < -0.3 is 28.8 Å². The number of anilines is 1. The number of methoxy groups -OCH3 is 4. The Bertz CT molecular complexity index is 1450. The molecule has 1 N–H and O–H groups in total. The van der Waals surface area contributed by atoms with Crippen LogP contribution in [0.25, 0.3) is 22.0 Å². The highest BCUT2D eigenvalue weighted by atomic mass is 16.5. The van der Waals surface area contributed by atoms with E-state index in [0.29, 0.717) is 51.9 Å². The summed E-state index contributed by atoms with van der Waals surface area (Å²) in [6, 6.07) is 17.7. The van der Waals surface area contributed by atoms with E-state index in [1.165, 1.54) is 21.3 Å². The van der Waals surface area contributed by atoms with Gasteiger partial charge in [0, 0.05) is 17.5 Å². The molecule has 0 saturated heterocycles. The summed E-state index contributed by atoms with van der Waals surface area (Å²) in [5.74, 6) is 1.71. The summed E-state index contributed by atoms with van der Waals surface area (Å²) >= 11 is 0. The summed E-state index contributed by atoms with van der Waals surface area (Å²) in [5.41, 5.74) is 1.88. The first-order valence-corrected chi connectivity index (χ1v) is 11.4. The maximum absolute atomic E-state index is 13.7. The van der Waals surface area contributed by atoms with Crippen LogP contribution in [0.1, 0.15) is 17.3 Å². The lowest BCUT2D eigenvalue weighted by Crippen LogP contribution is -2.22. The quantitative estimate of drug-likeness (QED) is 0.377. The number of aromatic nitrogens is 1. The van der Waals surface area contributed by atoms with Gasteiger partial charge in [-0.2, -0.15) is 0 Å². The zero-order valence-corrected chi connectivity index (χ0v) is 20.9. The van der Waals surface area contributed by atoms with E-state index in [1.54, 1.807) is 49.6 Å². The van der Waals surface area contributed by atoms with Gasteiger partial charge in [-0.3, -0.25) is 9.59 Å². The number of para-hydroxylation sites is 1. The molecule has 186 valence electrons. The first-order valence-electron chi connectivity index (χ1n) is 11.4. The molecule has 0 spiro atoms. The lowest BCUT2D eigenvalue weighted by atomic mass is 10.0. The van der Waals surface area contributed by atoms with Gasteiger partial charge in [-0.25, -0.2) is 0 Å². The van der Waals surface area contributed by atoms with Crippen LogP contribution in [0.5, 0.6) is 23.0 Å². The highest BCUT2D eigenvalue weighted by Gasteiger charge is 2.22. The number of amides is 1. The lowest BCUT2D eigenvalue weighted by Gasteiger charge is -2.21. The molecule has 8 nitrogen and oxygen atoms in total. The Balaban J connectivity index is 1.93. The van der Waals surface area contributed by atoms with Gasteiger partial charge in [0.05, 0.1) is 39.5 Å². The monoisotopic (exact) mass is 488 g/mol. The zero-order chi connectivity index (χ0) is 25.8. The van der Waals surface area contributed by atoms with Gasteiger partial charge in [0.25, 0.3) is 5.91 Å². The first-order chi connectivity index (χ1) is 17.5. The number of nitrogens with zero attached hydrogens (tertiary/aromatic N) is 1. The molecule has 0 radical (unpaired) electrons. The Labute approximate surface area is 209 Å². The molecule has 1 heterocycles. The Morgan fingerprint density at radius 1 is 0.861 bits per heavy atom. The number of nitrogens with one attached hydrogen (secondary N) is 1. The smallest absolute Gasteiger partial charge is 0.257 e. The van der Waals surface area contributed by atoms with E-state index in [1.807, 2.05) is 29.7 Å². The molecule has 0 atom stereocenters. The molecule has 0 fully saturated rings. The molecule has 4 rings (SSSR count). The van der Waals surface area contributed by atoms with Crippen LogP contribution >= 0.6 is 0 Å². The SMILES string of the molecule is CCn1c(NC(=O)c2cc(OC)c(OC)c(OC)c2)c(-c2ccc(OC)cc2)c(=O)c2ccccc21. The zero-order valence-electron chi connectivity index (χ0n) is 20.9. The predicted molar refractivity (Wildman–Crippen MR) is 140 cm³/mol. The van der Waals surface area contributed by atoms with Crippen LogP contribution in [0.4, 0.5) is 5.82 Å². The molecule has 0 aliphatic rings. The van der Waals surface area contributed by atoms with Crippen molar-refractivity contribution in [3.63, 3.8) is 0 Å². The standard InChI is InChI=1S/C28H28N2O6/c1-6-30-21-10-8-7-9-20(21)25(31)24(17-11-13-19(33-2)14-12-17)27(30)29-28(32)18-15-22(34-3)26(36-5)23(16-18)35-4/h7-16H,6H2,1-5H3,(H,29,32). The number of hydrogen-bond acceptors (Lipinski definition) is 6. The van der Waals surface area contributed by atoms with E-state index in [9.17, 15) is 9.59 Å². The number of hydrogen-bond donors (Lipinski definition) is 1. The third-order valence-electron chi connectivity index (χ3n) is 6.03. The number of benzene rings is 3. The van der Waals surface area contributed by atoms with Crippen molar-refractivity contribution in [1.82, 2.24) is 4.57 Å². The molecule has 36 heavy (non-hydrogen) atoms. The number of fused-ring (bicyclic) bond motifs is 1. The summed E-state index contributed by atoms with van der Waals surface area (Å²) in [7, 11) is 6.05. The lowest BCUT2D eigenvalue weighted by molar-refractivity contribution is 0.102. The summed E-state index contributed by atoms with van der Waals surface area (Å²) in [6.45, 7) is 2.48. The van der Waals surface area contributed by atoms with Crippen molar-refractivity contribution in [3.05, 3.63) is 76.5 Å². The van der Waals surface area contributed by atoms with E-state index in [0.717, 1.165) is 5.52 Å². The largest absolute Gasteiger partial charge is 0.497 e. The minimum Gasteiger partial charge on any atom is -0.497 e. The van der Waals surface area contributed by atoms with Crippen molar-refractivity contribution >= 4 is 22.6 Å². The Kier molecular flexibility index (Phi) is 7.15. The van der Waals surface area contributed by atoms with E-state index in [-0.39, 0.29) is 11.0 Å². The Morgan fingerprint density at radius 2 is 1.50 bits per heavy atom. The van der Waals surface area contributed by atoms with Gasteiger partial charge in [0.2, 0.25) is 5.75 Å². The van der Waals surface area contributed by atoms with Crippen molar-refractivity contribution in [3.8, 4) is 34.1 Å². The van der Waals surface area contributed by atoms with Crippen LogP contribution in [0.15, 0.2) is 65.5 Å². The Morgan fingerprint density at radius 3 is 2.06 bits per heavy atom. The van der Waals surface area contributed by atoms with Crippen molar-refractivity contribution in [2.24, 2.45) is 0 Å². The van der Waals surface area contributed by atoms with Crippen LogP contribution in [0.2, 0.25) is 0 Å². The van der Waals surface area contributed by atoms with E-state index in [4.69, 9.17) is 18.9 Å². The van der Waals surface area contributed by atoms with Crippen molar-refractivity contribution in [1.29, 1.82) is 0 Å². The minimum absolute atomic E-state index is 0.180. The van der Waals surface area contributed by atoms with Crippen LogP contribution < -0.4 is 29.7 Å². The maximum atomic E-state index is 13.7. The molecule has 4 aromatic rings. The van der Waals surface area contributed by atoms with Crippen molar-refractivity contribution in [2.75, 3.05) is 33.8 Å². The fourth-order valence-corrected chi connectivity index (χ4v) is 4.27. The van der Waals surface area contributed by atoms with Crippen LogP contribution in [0, 0.1) is 0 Å². The molecule has 3 aromatic carbocycles. The number of carbonyl (C=O) groups excluding carboxylic acids is 1. The number of pyridine rings is 1. The van der Waals surface area contributed by atoms with Gasteiger partial charge in [0.1, 0.15) is 11.6 Å². The van der Waals surface area contributed by atoms with Gasteiger partial charge in [-0.1, -0.05) is 24.3 Å². The minimum atomic E-state index is -0.430. The van der Waals surface area contributed by atoms with Crippen molar-refractivity contribution < 1.29 is 23.7 Å². The predicted octanol–water partition coefficient (Wildman–Crippen LogP) is 4.98. The number of rotatable bonds is 8. The van der Waals surface area contributed by atoms with Gasteiger partial charge in [0.15, 0.2) is 16.9 Å². The van der Waals surface area contributed by atoms with E-state index < -0.39 is 5.91 Å². The van der Waals surface area contributed by atoms with E-state index in [2.05, 4.69) is 5.32 Å². The second-order valence-electron chi connectivity index (χ2n) is 7.91. The highest BCUT2D eigenvalue weighted by molar-refractivity contribution is 6.07. The molecule has 0 saturated carbocycles. The summed E-state index contributed by atoms with van der Waals surface area (Å²) in [4.78, 5) is 27.3. The summed E-state index contributed by atoms with van der Waals surface area (Å²) < 4.78 is 23.4. The van der Waals surface area contributed by atoms with Gasteiger partial charge in [-0.05, 0) is 48.9 Å². The van der Waals surface area contributed by atoms with Gasteiger partial charge >= 0.3 is 0 Å². The number of ether oxygens (including phenoxy) is 4. The maximum Gasteiger partial charge on any atom is 0.257 e. The molecule has 0 unspecified atom stereocenters. The summed E-state index contributed by atoms with van der Waals surface area (Å²) in [6.07, 6.45) is 0. The van der Waals surface area contributed by atoms with Crippen LogP contribution in [-0.2, 0) is 6.54 Å². The average Bonchev–Trinajstić information content (AvgIpc) is 2.92. The fraction of sp³-hybridized carbons (Fsp3) is 0.214. The third-order valence-corrected chi connectivity index (χ3v) is 6.03. The molecule has 0 aliphatic carbocycles. The number of aryl methyl sites for hydroxylation is 1. The molecular weight excluding hydrogens is 460 g/mol. The normalized spacial score (nSPS) is 10.7. The Hall–Kier alpha value is -4.46. The summed E-state index contributed by atoms with van der Waals surface area (Å²) in [5, 5.41) is 3.55. The topological polar surface area (TPSA) is 88.0 Å². The van der Waals surface area contributed by atoms with Crippen molar-refractivity contribution in [2.45, 2.75) is 13.5 Å². The average molecular weight is 489 g/mol. The molecule has 1 amide bonds. The molecule has 0 aliphatic heterocycles. The third kappa shape index (κ3) is 4.33. The molecule has 8 heteroatoms. The van der Waals surface area contributed by atoms with Crippen LogP contribution in [-0.4, -0.2) is 38.9 Å². The molecule has 0 bridgehead atoms. The molecule has 1 aromatic heterocycles. The second-order valence-corrected chi connectivity index (χ2v) is 7.91. The fourth-order valence-electron chi connectivity index (χ4n) is 4.27. The highest BCUT2D eigenvalue weighted by Crippen LogP contribution is 2.39. The number of carbonyl (C=O) groups is 1.